The van der Waals surface area contributed by atoms with Gasteiger partial charge in [-0.1, -0.05) is 0 Å². The zero-order valence-corrected chi connectivity index (χ0v) is 9.72. The van der Waals surface area contributed by atoms with Gasteiger partial charge in [0.15, 0.2) is 10.8 Å². The molecule has 0 aliphatic rings. The van der Waals surface area contributed by atoms with Gasteiger partial charge in [-0.2, -0.15) is 0 Å². The molecule has 3 heterocycles. The van der Waals surface area contributed by atoms with Crippen LogP contribution in [0.3, 0.4) is 0 Å². The van der Waals surface area contributed by atoms with Crippen LogP contribution in [0.5, 0.6) is 0 Å². The molecule has 0 unspecified atom stereocenters. The largest absolute Gasteiger partial charge is 0.329 e. The lowest BCUT2D eigenvalue weighted by molar-refractivity contribution is 0.933. The van der Waals surface area contributed by atoms with Gasteiger partial charge in [0.25, 0.3) is 0 Å². The summed E-state index contributed by atoms with van der Waals surface area (Å²) in [4.78, 5) is 19.7. The molecule has 0 spiro atoms. The maximum absolute atomic E-state index is 4.32. The zero-order valence-electron chi connectivity index (χ0n) is 8.83. The maximum Gasteiger partial charge on any atom is 0.186 e. The van der Waals surface area contributed by atoms with Crippen molar-refractivity contribution in [2.75, 3.05) is 0 Å². The van der Waals surface area contributed by atoms with Crippen LogP contribution in [0.4, 0.5) is 0 Å². The molecule has 0 atom stereocenters. The predicted octanol–water partition coefficient (Wildman–Crippen LogP) is 1.63. The van der Waals surface area contributed by atoms with Gasteiger partial charge in [0.1, 0.15) is 5.52 Å². The zero-order chi connectivity index (χ0) is 11.7. The molecule has 0 aliphatic carbocycles. The Kier molecular flexibility index (Phi) is 2.49. The molecule has 3 rings (SSSR count). The van der Waals surface area contributed by atoms with Crippen molar-refractivity contribution >= 4 is 23.8 Å². The Morgan fingerprint density at radius 1 is 1.18 bits per heavy atom. The topological polar surface area (TPSA) is 67.3 Å². The molecule has 0 radical (unpaired) electrons. The number of aromatic amines is 1. The van der Waals surface area contributed by atoms with E-state index in [9.17, 15) is 0 Å². The highest BCUT2D eigenvalue weighted by Gasteiger charge is 2.08. The van der Waals surface area contributed by atoms with E-state index >= 15 is 0 Å². The summed E-state index contributed by atoms with van der Waals surface area (Å²) in [6, 6.07) is 3.91. The second-order valence-electron chi connectivity index (χ2n) is 3.60. The van der Waals surface area contributed by atoms with E-state index in [-0.39, 0.29) is 0 Å². The number of hydrogen-bond acceptors (Lipinski definition) is 5. The highest BCUT2D eigenvalue weighted by molar-refractivity contribution is 7.80. The van der Waals surface area contributed by atoms with E-state index < -0.39 is 0 Å². The quantitative estimate of drug-likeness (QED) is 0.530. The number of thiol groups is 1. The molecular weight excluding hydrogens is 234 g/mol. The average molecular weight is 243 g/mol. The molecule has 0 aromatic carbocycles. The van der Waals surface area contributed by atoms with Gasteiger partial charge in [0.2, 0.25) is 0 Å². The molecule has 84 valence electrons. The standard InChI is InChI=1S/C11H9N5S/c17-11-15-8(5-7-1-3-12-4-2-7)9-10(16-11)14-6-13-9/h1-4,6H,5H2,(H2,13,14,15,16,17). The van der Waals surface area contributed by atoms with Crippen molar-refractivity contribution in [3.63, 3.8) is 0 Å². The van der Waals surface area contributed by atoms with Gasteiger partial charge < -0.3 is 4.98 Å². The van der Waals surface area contributed by atoms with Gasteiger partial charge in [0.05, 0.1) is 12.0 Å². The molecular formula is C11H9N5S. The number of H-pyrrole nitrogens is 1. The lowest BCUT2D eigenvalue weighted by Crippen LogP contribution is -1.97. The Hall–Kier alpha value is -1.95. The van der Waals surface area contributed by atoms with Crippen LogP contribution in [-0.2, 0) is 6.42 Å². The second-order valence-corrected chi connectivity index (χ2v) is 4.00. The summed E-state index contributed by atoms with van der Waals surface area (Å²) in [5.41, 5.74) is 3.51. The molecule has 6 heteroatoms. The molecule has 0 amide bonds. The molecule has 17 heavy (non-hydrogen) atoms. The lowest BCUT2D eigenvalue weighted by atomic mass is 10.1. The number of fused-ring (bicyclic) bond motifs is 1. The van der Waals surface area contributed by atoms with Gasteiger partial charge in [-0.3, -0.25) is 4.98 Å². The van der Waals surface area contributed by atoms with Crippen LogP contribution in [0.15, 0.2) is 36.0 Å². The highest BCUT2D eigenvalue weighted by atomic mass is 32.1. The molecule has 1 N–H and O–H groups in total. The van der Waals surface area contributed by atoms with Crippen molar-refractivity contribution in [1.29, 1.82) is 0 Å². The Bertz CT molecular complexity index is 649. The number of nitrogens with one attached hydrogen (secondary N) is 1. The fraction of sp³-hybridized carbons (Fsp3) is 0.0909. The monoisotopic (exact) mass is 243 g/mol. The predicted molar refractivity (Wildman–Crippen MR) is 66.0 cm³/mol. The molecule has 3 aromatic rings. The second kappa shape index (κ2) is 4.14. The van der Waals surface area contributed by atoms with Crippen LogP contribution >= 0.6 is 12.6 Å². The fourth-order valence-electron chi connectivity index (χ4n) is 1.70. The van der Waals surface area contributed by atoms with Crippen molar-refractivity contribution in [3.8, 4) is 0 Å². The van der Waals surface area contributed by atoms with Gasteiger partial charge in [-0.15, -0.1) is 12.6 Å². The Balaban J connectivity index is 2.08. The number of aromatic nitrogens is 5. The van der Waals surface area contributed by atoms with E-state index in [1.165, 1.54) is 0 Å². The summed E-state index contributed by atoms with van der Waals surface area (Å²) in [5.74, 6) is 0. The number of nitrogens with zero attached hydrogens (tertiary/aromatic N) is 4. The Morgan fingerprint density at radius 3 is 2.82 bits per heavy atom. The minimum atomic E-state index is 0.450. The first-order valence-electron chi connectivity index (χ1n) is 5.11. The molecule has 5 nitrogen and oxygen atoms in total. The minimum absolute atomic E-state index is 0.450. The number of pyridine rings is 1. The summed E-state index contributed by atoms with van der Waals surface area (Å²) in [6.07, 6.45) is 5.84. The third-order valence-corrected chi connectivity index (χ3v) is 2.66. The van der Waals surface area contributed by atoms with Crippen molar-refractivity contribution in [3.05, 3.63) is 42.1 Å². The summed E-state index contributed by atoms with van der Waals surface area (Å²) in [5, 5.41) is 0.450. The van der Waals surface area contributed by atoms with E-state index in [0.717, 1.165) is 16.8 Å². The molecule has 0 saturated heterocycles. The number of imidazole rings is 1. The van der Waals surface area contributed by atoms with Crippen LogP contribution in [0.1, 0.15) is 11.3 Å². The van der Waals surface area contributed by atoms with E-state index in [2.05, 4.69) is 37.5 Å². The smallest absolute Gasteiger partial charge is 0.186 e. The van der Waals surface area contributed by atoms with Crippen molar-refractivity contribution < 1.29 is 0 Å². The third kappa shape index (κ3) is 1.99. The Labute approximate surface area is 103 Å². The van der Waals surface area contributed by atoms with E-state index in [4.69, 9.17) is 0 Å². The van der Waals surface area contributed by atoms with E-state index in [1.807, 2.05) is 12.1 Å². The van der Waals surface area contributed by atoms with Gasteiger partial charge in [-0.25, -0.2) is 15.0 Å². The molecule has 3 aromatic heterocycles. The fourth-order valence-corrected chi connectivity index (χ4v) is 1.92. The summed E-state index contributed by atoms with van der Waals surface area (Å²) >= 11 is 4.19. The normalized spacial score (nSPS) is 10.9. The van der Waals surface area contributed by atoms with Crippen LogP contribution in [0.2, 0.25) is 0 Å². The number of rotatable bonds is 2. The summed E-state index contributed by atoms with van der Waals surface area (Å²) < 4.78 is 0. The lowest BCUT2D eigenvalue weighted by Gasteiger charge is -2.02. The van der Waals surface area contributed by atoms with Gasteiger partial charge >= 0.3 is 0 Å². The van der Waals surface area contributed by atoms with E-state index in [0.29, 0.717) is 17.2 Å². The Morgan fingerprint density at radius 2 is 2.00 bits per heavy atom. The van der Waals surface area contributed by atoms with Crippen LogP contribution < -0.4 is 0 Å². The molecule has 0 fully saturated rings. The highest BCUT2D eigenvalue weighted by Crippen LogP contribution is 2.16. The first-order valence-corrected chi connectivity index (χ1v) is 5.55. The van der Waals surface area contributed by atoms with Crippen LogP contribution in [0.25, 0.3) is 11.2 Å². The average Bonchev–Trinajstić information content (AvgIpc) is 2.78. The van der Waals surface area contributed by atoms with Crippen molar-refractivity contribution in [2.24, 2.45) is 0 Å². The van der Waals surface area contributed by atoms with Crippen molar-refractivity contribution in [2.45, 2.75) is 11.6 Å². The minimum Gasteiger partial charge on any atom is -0.329 e. The van der Waals surface area contributed by atoms with E-state index in [1.54, 1.807) is 18.7 Å². The number of hydrogen-bond donors (Lipinski definition) is 2. The van der Waals surface area contributed by atoms with Crippen molar-refractivity contribution in [1.82, 2.24) is 24.9 Å². The first kappa shape index (κ1) is 10.2. The molecule has 0 bridgehead atoms. The molecule has 0 aliphatic heterocycles. The van der Waals surface area contributed by atoms with Gasteiger partial charge in [0, 0.05) is 18.8 Å². The van der Waals surface area contributed by atoms with Crippen LogP contribution in [0, 0.1) is 0 Å². The maximum atomic E-state index is 4.32. The van der Waals surface area contributed by atoms with Gasteiger partial charge in [-0.05, 0) is 17.7 Å². The third-order valence-electron chi connectivity index (χ3n) is 2.46. The molecule has 0 saturated carbocycles. The SMILES string of the molecule is Sc1nc(Cc2ccncc2)c2nc[nH]c2n1. The van der Waals surface area contributed by atoms with Crippen LogP contribution in [-0.4, -0.2) is 24.9 Å². The summed E-state index contributed by atoms with van der Waals surface area (Å²) in [6.45, 7) is 0. The summed E-state index contributed by atoms with van der Waals surface area (Å²) in [7, 11) is 0. The first-order chi connectivity index (χ1) is 8.33.